The van der Waals surface area contributed by atoms with Gasteiger partial charge in [0.15, 0.2) is 0 Å². The molecule has 0 aliphatic rings. The summed E-state index contributed by atoms with van der Waals surface area (Å²) in [7, 11) is 1.63. The van der Waals surface area contributed by atoms with Crippen LogP contribution in [0.15, 0.2) is 30.3 Å². The molecule has 0 saturated carbocycles. The second-order valence-electron chi connectivity index (χ2n) is 3.97. The molecule has 0 aliphatic carbocycles. The van der Waals surface area contributed by atoms with Crippen molar-refractivity contribution in [3.8, 4) is 5.75 Å². The molecule has 0 bridgehead atoms. The van der Waals surface area contributed by atoms with Gasteiger partial charge >= 0.3 is 0 Å². The Labute approximate surface area is 111 Å². The van der Waals surface area contributed by atoms with Gasteiger partial charge in [0.25, 0.3) is 0 Å². The monoisotopic (exact) mass is 263 g/mol. The predicted octanol–water partition coefficient (Wildman–Crippen LogP) is 3.55. The third-order valence-electron chi connectivity index (χ3n) is 2.76. The van der Waals surface area contributed by atoms with Gasteiger partial charge in [0.2, 0.25) is 5.91 Å². The molecular weight excluding hydrogens is 250 g/mol. The third kappa shape index (κ3) is 2.27. The van der Waals surface area contributed by atoms with Crippen molar-refractivity contribution in [2.45, 2.75) is 12.8 Å². The van der Waals surface area contributed by atoms with Crippen LogP contribution in [0, 0.1) is 0 Å². The van der Waals surface area contributed by atoms with Crippen LogP contribution >= 0.6 is 11.6 Å². The van der Waals surface area contributed by atoms with Gasteiger partial charge < -0.3 is 10.1 Å². The van der Waals surface area contributed by atoms with Crippen LogP contribution in [-0.2, 0) is 10.7 Å². The van der Waals surface area contributed by atoms with Crippen LogP contribution in [0.3, 0.4) is 0 Å². The number of carbonyl (C=O) groups is 1. The minimum atomic E-state index is -0.106. The molecule has 2 aromatic carbocycles. The summed E-state index contributed by atoms with van der Waals surface area (Å²) < 4.78 is 5.33. The van der Waals surface area contributed by atoms with E-state index in [4.69, 9.17) is 16.3 Å². The van der Waals surface area contributed by atoms with Gasteiger partial charge in [-0.15, -0.1) is 11.6 Å². The number of anilines is 1. The molecule has 0 unspecified atom stereocenters. The first kappa shape index (κ1) is 12.7. The number of amides is 1. The number of benzene rings is 2. The fourth-order valence-corrected chi connectivity index (χ4v) is 2.26. The summed E-state index contributed by atoms with van der Waals surface area (Å²) in [5.74, 6) is 1.05. The van der Waals surface area contributed by atoms with Gasteiger partial charge in [-0.25, -0.2) is 0 Å². The summed E-state index contributed by atoms with van der Waals surface area (Å²) in [6.45, 7) is 1.49. The number of carbonyl (C=O) groups excluding carboxylic acids is 1. The Bertz CT molecular complexity index is 596. The van der Waals surface area contributed by atoms with E-state index in [0.717, 1.165) is 27.8 Å². The summed E-state index contributed by atoms with van der Waals surface area (Å²) in [5, 5.41) is 4.70. The number of alkyl halides is 1. The van der Waals surface area contributed by atoms with Crippen molar-refractivity contribution in [1.29, 1.82) is 0 Å². The molecule has 0 atom stereocenters. The highest BCUT2D eigenvalue weighted by atomic mass is 35.5. The maximum Gasteiger partial charge on any atom is 0.221 e. The van der Waals surface area contributed by atoms with Crippen molar-refractivity contribution in [2.75, 3.05) is 12.4 Å². The number of hydrogen-bond donors (Lipinski definition) is 1. The standard InChI is InChI=1S/C14H14ClNO2/c1-9(17)16-12-5-3-4-11-13(18-2)7-6-10(8-15)14(11)12/h3-7H,8H2,1-2H3,(H,16,17). The smallest absolute Gasteiger partial charge is 0.221 e. The minimum Gasteiger partial charge on any atom is -0.496 e. The highest BCUT2D eigenvalue weighted by Gasteiger charge is 2.10. The Hall–Kier alpha value is -1.74. The second kappa shape index (κ2) is 5.27. The lowest BCUT2D eigenvalue weighted by atomic mass is 10.0. The zero-order valence-electron chi connectivity index (χ0n) is 10.3. The number of ether oxygens (including phenoxy) is 1. The summed E-state index contributed by atoms with van der Waals surface area (Å²) in [6.07, 6.45) is 0. The number of nitrogens with one attached hydrogen (secondary N) is 1. The average molecular weight is 264 g/mol. The molecule has 2 rings (SSSR count). The number of hydrogen-bond acceptors (Lipinski definition) is 2. The summed E-state index contributed by atoms with van der Waals surface area (Å²) in [6, 6.07) is 9.50. The molecule has 0 fully saturated rings. The highest BCUT2D eigenvalue weighted by molar-refractivity contribution is 6.19. The van der Waals surface area contributed by atoms with E-state index < -0.39 is 0 Å². The predicted molar refractivity (Wildman–Crippen MR) is 74.4 cm³/mol. The maximum absolute atomic E-state index is 11.2. The van der Waals surface area contributed by atoms with E-state index >= 15 is 0 Å². The molecule has 18 heavy (non-hydrogen) atoms. The fraction of sp³-hybridized carbons (Fsp3) is 0.214. The third-order valence-corrected chi connectivity index (χ3v) is 3.05. The molecule has 4 heteroatoms. The molecular formula is C14H14ClNO2. The van der Waals surface area contributed by atoms with Gasteiger partial charge in [0.05, 0.1) is 7.11 Å². The largest absolute Gasteiger partial charge is 0.496 e. The molecule has 94 valence electrons. The Morgan fingerprint density at radius 2 is 2.11 bits per heavy atom. The van der Waals surface area contributed by atoms with Crippen LogP contribution in [0.2, 0.25) is 0 Å². The number of rotatable bonds is 3. The van der Waals surface area contributed by atoms with Crippen LogP contribution < -0.4 is 10.1 Å². The van der Waals surface area contributed by atoms with Gasteiger partial charge in [-0.2, -0.15) is 0 Å². The summed E-state index contributed by atoms with van der Waals surface area (Å²) in [5.41, 5.74) is 1.73. The molecule has 0 aliphatic heterocycles. The number of fused-ring (bicyclic) bond motifs is 1. The molecule has 0 radical (unpaired) electrons. The molecule has 2 aromatic rings. The van der Waals surface area contributed by atoms with Gasteiger partial charge in [0.1, 0.15) is 5.75 Å². The molecule has 0 spiro atoms. The second-order valence-corrected chi connectivity index (χ2v) is 4.24. The summed E-state index contributed by atoms with van der Waals surface area (Å²) in [4.78, 5) is 11.2. The van der Waals surface area contributed by atoms with Crippen LogP contribution in [0.1, 0.15) is 12.5 Å². The lowest BCUT2D eigenvalue weighted by Crippen LogP contribution is -2.06. The van der Waals surface area contributed by atoms with Crippen LogP contribution in [0.25, 0.3) is 10.8 Å². The zero-order valence-corrected chi connectivity index (χ0v) is 11.0. The van der Waals surface area contributed by atoms with Crippen molar-refractivity contribution in [3.63, 3.8) is 0 Å². The van der Waals surface area contributed by atoms with Gasteiger partial charge in [-0.3, -0.25) is 4.79 Å². The first-order valence-electron chi connectivity index (χ1n) is 5.59. The first-order chi connectivity index (χ1) is 8.67. The van der Waals surface area contributed by atoms with Gasteiger partial charge in [-0.05, 0) is 17.7 Å². The van der Waals surface area contributed by atoms with E-state index in [1.54, 1.807) is 7.11 Å². The quantitative estimate of drug-likeness (QED) is 0.860. The van der Waals surface area contributed by atoms with Crippen molar-refractivity contribution in [3.05, 3.63) is 35.9 Å². The first-order valence-corrected chi connectivity index (χ1v) is 6.13. The molecule has 1 amide bonds. The molecule has 3 nitrogen and oxygen atoms in total. The van der Waals surface area contributed by atoms with E-state index in [9.17, 15) is 4.79 Å². The Morgan fingerprint density at radius 1 is 1.33 bits per heavy atom. The van der Waals surface area contributed by atoms with E-state index in [1.165, 1.54) is 6.92 Å². The van der Waals surface area contributed by atoms with Gasteiger partial charge in [-0.1, -0.05) is 18.2 Å². The van der Waals surface area contributed by atoms with E-state index in [2.05, 4.69) is 5.32 Å². The van der Waals surface area contributed by atoms with E-state index in [-0.39, 0.29) is 5.91 Å². The van der Waals surface area contributed by atoms with Crippen molar-refractivity contribution in [1.82, 2.24) is 0 Å². The van der Waals surface area contributed by atoms with E-state index in [1.807, 2.05) is 30.3 Å². The normalized spacial score (nSPS) is 10.4. The Balaban J connectivity index is 2.75. The minimum absolute atomic E-state index is 0.106. The van der Waals surface area contributed by atoms with Crippen LogP contribution in [0.4, 0.5) is 5.69 Å². The molecule has 0 saturated heterocycles. The molecule has 1 N–H and O–H groups in total. The van der Waals surface area contributed by atoms with E-state index in [0.29, 0.717) is 5.88 Å². The van der Waals surface area contributed by atoms with Crippen LogP contribution in [-0.4, -0.2) is 13.0 Å². The van der Waals surface area contributed by atoms with Crippen molar-refractivity contribution in [2.24, 2.45) is 0 Å². The van der Waals surface area contributed by atoms with Crippen LogP contribution in [0.5, 0.6) is 5.75 Å². The van der Waals surface area contributed by atoms with Gasteiger partial charge in [0, 0.05) is 29.3 Å². The Morgan fingerprint density at radius 3 is 2.72 bits per heavy atom. The molecule has 0 heterocycles. The lowest BCUT2D eigenvalue weighted by molar-refractivity contribution is -0.114. The Kier molecular flexibility index (Phi) is 3.72. The summed E-state index contributed by atoms with van der Waals surface area (Å²) >= 11 is 5.96. The SMILES string of the molecule is COc1ccc(CCl)c2c(NC(C)=O)cccc12. The maximum atomic E-state index is 11.2. The number of halogens is 1. The zero-order chi connectivity index (χ0) is 13.1. The number of methoxy groups -OCH3 is 1. The highest BCUT2D eigenvalue weighted by Crippen LogP contribution is 2.34. The fourth-order valence-electron chi connectivity index (χ4n) is 2.04. The topological polar surface area (TPSA) is 38.3 Å². The lowest BCUT2D eigenvalue weighted by Gasteiger charge is -2.13. The average Bonchev–Trinajstić information content (AvgIpc) is 2.37. The van der Waals surface area contributed by atoms with Crippen molar-refractivity contribution < 1.29 is 9.53 Å². The molecule has 0 aromatic heterocycles. The van der Waals surface area contributed by atoms with Crippen molar-refractivity contribution >= 4 is 34.0 Å².